The molecule has 5 nitrogen and oxygen atoms in total. The van der Waals surface area contributed by atoms with Crippen LogP contribution in [0.15, 0.2) is 4.99 Å². The zero-order valence-electron chi connectivity index (χ0n) is 15.2. The third-order valence-corrected chi connectivity index (χ3v) is 5.36. The average Bonchev–Trinajstić information content (AvgIpc) is 3.17. The Kier molecular flexibility index (Phi) is 6.72. The summed E-state index contributed by atoms with van der Waals surface area (Å²) in [6.07, 6.45) is 8.26. The molecule has 1 heterocycles. The lowest BCUT2D eigenvalue weighted by Crippen LogP contribution is -2.41. The van der Waals surface area contributed by atoms with Crippen LogP contribution in [0.1, 0.15) is 65.7 Å². The summed E-state index contributed by atoms with van der Waals surface area (Å²) in [4.78, 5) is 19.0. The summed E-state index contributed by atoms with van der Waals surface area (Å²) in [5.41, 5.74) is 0.546. The summed E-state index contributed by atoms with van der Waals surface area (Å²) in [7, 11) is 0. The van der Waals surface area contributed by atoms with E-state index >= 15 is 0 Å². The molecule has 1 saturated heterocycles. The summed E-state index contributed by atoms with van der Waals surface area (Å²) in [6.45, 7) is 9.90. The molecule has 1 amide bonds. The molecule has 0 radical (unpaired) electrons. The number of likely N-dealkylation sites (tertiary alicyclic amines) is 1. The van der Waals surface area contributed by atoms with Crippen molar-refractivity contribution >= 4 is 11.9 Å². The molecule has 1 unspecified atom stereocenters. The maximum Gasteiger partial charge on any atom is 0.222 e. The summed E-state index contributed by atoms with van der Waals surface area (Å²) in [5.74, 6) is 1.10. The van der Waals surface area contributed by atoms with Gasteiger partial charge >= 0.3 is 0 Å². The first kappa shape index (κ1) is 18.1. The van der Waals surface area contributed by atoms with Crippen molar-refractivity contribution in [3.8, 4) is 0 Å². The molecule has 0 aromatic rings. The highest BCUT2D eigenvalue weighted by molar-refractivity contribution is 5.81. The van der Waals surface area contributed by atoms with Gasteiger partial charge in [-0.1, -0.05) is 19.8 Å². The number of amides is 1. The Labute approximate surface area is 141 Å². The van der Waals surface area contributed by atoms with Crippen molar-refractivity contribution in [3.05, 3.63) is 0 Å². The number of nitrogens with zero attached hydrogens (tertiary/aromatic N) is 2. The number of rotatable bonds is 6. The maximum absolute atomic E-state index is 11.9. The zero-order chi connectivity index (χ0) is 16.7. The Morgan fingerprint density at radius 2 is 2.00 bits per heavy atom. The van der Waals surface area contributed by atoms with E-state index in [2.05, 4.69) is 29.4 Å². The van der Waals surface area contributed by atoms with Gasteiger partial charge in [0.2, 0.25) is 5.91 Å². The van der Waals surface area contributed by atoms with Gasteiger partial charge < -0.3 is 15.5 Å². The monoisotopic (exact) mass is 322 g/mol. The molecule has 0 aromatic heterocycles. The molecule has 0 bridgehead atoms. The van der Waals surface area contributed by atoms with Crippen LogP contribution < -0.4 is 10.6 Å². The van der Waals surface area contributed by atoms with Gasteiger partial charge in [-0.05, 0) is 44.9 Å². The van der Waals surface area contributed by atoms with E-state index in [1.54, 1.807) is 0 Å². The number of hydrogen-bond donors (Lipinski definition) is 2. The van der Waals surface area contributed by atoms with E-state index in [1.165, 1.54) is 32.1 Å². The SMILES string of the molecule is CCNC(=NCCC(=O)NC(C)CC)N1CCC2(CCCC2)C1. The van der Waals surface area contributed by atoms with Crippen LogP contribution in [0, 0.1) is 5.41 Å². The van der Waals surface area contributed by atoms with E-state index < -0.39 is 0 Å². The molecule has 0 aromatic carbocycles. The molecule has 1 atom stereocenters. The standard InChI is InChI=1S/C18H34N4O/c1-4-15(3)21-16(23)8-12-20-17(19-5-2)22-13-11-18(14-22)9-6-7-10-18/h15H,4-14H2,1-3H3,(H,19,20)(H,21,23). The Hall–Kier alpha value is -1.26. The summed E-state index contributed by atoms with van der Waals surface area (Å²) in [6, 6.07) is 0.250. The molecule has 132 valence electrons. The first-order valence-electron chi connectivity index (χ1n) is 9.41. The van der Waals surface area contributed by atoms with Crippen molar-refractivity contribution < 1.29 is 4.79 Å². The third kappa shape index (κ3) is 5.11. The number of hydrogen-bond acceptors (Lipinski definition) is 2. The van der Waals surface area contributed by atoms with E-state index in [-0.39, 0.29) is 11.9 Å². The van der Waals surface area contributed by atoms with Crippen molar-refractivity contribution in [1.82, 2.24) is 15.5 Å². The van der Waals surface area contributed by atoms with Gasteiger partial charge in [0.15, 0.2) is 5.96 Å². The Morgan fingerprint density at radius 3 is 2.65 bits per heavy atom. The molecule has 1 aliphatic carbocycles. The van der Waals surface area contributed by atoms with Gasteiger partial charge in [-0.2, -0.15) is 0 Å². The topological polar surface area (TPSA) is 56.7 Å². The normalized spacial score (nSPS) is 21.7. The number of carbonyl (C=O) groups is 1. The van der Waals surface area contributed by atoms with E-state index in [0.29, 0.717) is 18.4 Å². The van der Waals surface area contributed by atoms with Crippen LogP contribution in [0.25, 0.3) is 0 Å². The van der Waals surface area contributed by atoms with E-state index in [4.69, 9.17) is 4.99 Å². The lowest BCUT2D eigenvalue weighted by atomic mass is 9.86. The van der Waals surface area contributed by atoms with E-state index in [0.717, 1.165) is 32.0 Å². The summed E-state index contributed by atoms with van der Waals surface area (Å²) >= 11 is 0. The molecule has 1 saturated carbocycles. The van der Waals surface area contributed by atoms with Crippen LogP contribution in [-0.4, -0.2) is 49.0 Å². The van der Waals surface area contributed by atoms with Crippen LogP contribution in [0.5, 0.6) is 0 Å². The Morgan fingerprint density at radius 1 is 1.26 bits per heavy atom. The van der Waals surface area contributed by atoms with E-state index in [1.807, 2.05) is 6.92 Å². The predicted molar refractivity (Wildman–Crippen MR) is 95.6 cm³/mol. The maximum atomic E-state index is 11.9. The van der Waals surface area contributed by atoms with Gasteiger partial charge in [0, 0.05) is 32.1 Å². The lowest BCUT2D eigenvalue weighted by Gasteiger charge is -2.26. The minimum atomic E-state index is 0.104. The fourth-order valence-electron chi connectivity index (χ4n) is 3.79. The smallest absolute Gasteiger partial charge is 0.222 e. The molecule has 2 rings (SSSR count). The van der Waals surface area contributed by atoms with Crippen LogP contribution in [0.2, 0.25) is 0 Å². The predicted octanol–water partition coefficient (Wildman–Crippen LogP) is 2.52. The van der Waals surface area contributed by atoms with Crippen LogP contribution in [0.3, 0.4) is 0 Å². The lowest BCUT2D eigenvalue weighted by molar-refractivity contribution is -0.121. The second-order valence-electron chi connectivity index (χ2n) is 7.24. The molecule has 1 spiro atoms. The quantitative estimate of drug-likeness (QED) is 0.583. The van der Waals surface area contributed by atoms with Gasteiger partial charge in [-0.3, -0.25) is 9.79 Å². The molecule has 5 heteroatoms. The average molecular weight is 322 g/mol. The molecule has 2 aliphatic rings. The molecule has 2 fully saturated rings. The highest BCUT2D eigenvalue weighted by Gasteiger charge is 2.41. The molecule has 1 aliphatic heterocycles. The highest BCUT2D eigenvalue weighted by Crippen LogP contribution is 2.45. The zero-order valence-corrected chi connectivity index (χ0v) is 15.2. The first-order valence-corrected chi connectivity index (χ1v) is 9.41. The summed E-state index contributed by atoms with van der Waals surface area (Å²) in [5, 5.41) is 6.40. The molecule has 2 N–H and O–H groups in total. The minimum Gasteiger partial charge on any atom is -0.357 e. The van der Waals surface area contributed by atoms with Crippen LogP contribution in [-0.2, 0) is 4.79 Å². The van der Waals surface area contributed by atoms with Crippen molar-refractivity contribution in [3.63, 3.8) is 0 Å². The van der Waals surface area contributed by atoms with Gasteiger partial charge in [0.25, 0.3) is 0 Å². The van der Waals surface area contributed by atoms with Crippen molar-refractivity contribution in [1.29, 1.82) is 0 Å². The fourth-order valence-corrected chi connectivity index (χ4v) is 3.79. The molecule has 23 heavy (non-hydrogen) atoms. The molecular weight excluding hydrogens is 288 g/mol. The highest BCUT2D eigenvalue weighted by atomic mass is 16.1. The molecular formula is C18H34N4O. The van der Waals surface area contributed by atoms with Gasteiger partial charge in [-0.15, -0.1) is 0 Å². The third-order valence-electron chi connectivity index (χ3n) is 5.36. The Balaban J connectivity index is 1.84. The number of aliphatic imine (C=N–C) groups is 1. The Bertz CT molecular complexity index is 415. The second kappa shape index (κ2) is 8.55. The number of carbonyl (C=O) groups excluding carboxylic acids is 1. The minimum absolute atomic E-state index is 0.104. The van der Waals surface area contributed by atoms with Gasteiger partial charge in [-0.25, -0.2) is 0 Å². The van der Waals surface area contributed by atoms with Crippen molar-refractivity contribution in [2.75, 3.05) is 26.2 Å². The van der Waals surface area contributed by atoms with E-state index in [9.17, 15) is 4.79 Å². The van der Waals surface area contributed by atoms with Crippen LogP contribution >= 0.6 is 0 Å². The number of nitrogens with one attached hydrogen (secondary N) is 2. The second-order valence-corrected chi connectivity index (χ2v) is 7.24. The van der Waals surface area contributed by atoms with Crippen molar-refractivity contribution in [2.45, 2.75) is 71.8 Å². The first-order chi connectivity index (χ1) is 11.1. The fraction of sp³-hybridized carbons (Fsp3) is 0.889. The van der Waals surface area contributed by atoms with Crippen molar-refractivity contribution in [2.24, 2.45) is 10.4 Å². The van der Waals surface area contributed by atoms with Crippen LogP contribution in [0.4, 0.5) is 0 Å². The summed E-state index contributed by atoms with van der Waals surface area (Å²) < 4.78 is 0. The largest absolute Gasteiger partial charge is 0.357 e. The number of guanidine groups is 1. The van der Waals surface area contributed by atoms with Gasteiger partial charge in [0.1, 0.15) is 0 Å². The van der Waals surface area contributed by atoms with Gasteiger partial charge in [0.05, 0.1) is 6.54 Å².